The summed E-state index contributed by atoms with van der Waals surface area (Å²) in [6.07, 6.45) is 1.47. The van der Waals surface area contributed by atoms with E-state index in [2.05, 4.69) is 35.2 Å². The van der Waals surface area contributed by atoms with Crippen molar-refractivity contribution in [1.29, 1.82) is 0 Å². The van der Waals surface area contributed by atoms with Crippen molar-refractivity contribution >= 4 is 27.7 Å². The van der Waals surface area contributed by atoms with Crippen LogP contribution in [0.25, 0.3) is 21.8 Å². The highest BCUT2D eigenvalue weighted by atomic mass is 16.5. The number of benzene rings is 3. The molecule has 2 heterocycles. The average Bonchev–Trinajstić information content (AvgIpc) is 3.31. The van der Waals surface area contributed by atoms with Gasteiger partial charge in [0.15, 0.2) is 0 Å². The summed E-state index contributed by atoms with van der Waals surface area (Å²) >= 11 is 0. The van der Waals surface area contributed by atoms with Gasteiger partial charge in [0.2, 0.25) is 11.8 Å². The molecule has 5 aromatic rings. The molecular weight excluding hydrogens is 492 g/mol. The van der Waals surface area contributed by atoms with Gasteiger partial charge >= 0.3 is 0 Å². The van der Waals surface area contributed by atoms with Crippen LogP contribution < -0.4 is 20.5 Å². The van der Waals surface area contributed by atoms with Crippen molar-refractivity contribution in [2.24, 2.45) is 5.73 Å². The molecule has 0 aliphatic rings. The van der Waals surface area contributed by atoms with E-state index in [-0.39, 0.29) is 12.1 Å². The van der Waals surface area contributed by atoms with Crippen molar-refractivity contribution in [2.45, 2.75) is 31.9 Å². The number of pyridine rings is 1. The first kappa shape index (κ1) is 26.2. The molecule has 2 aromatic heterocycles. The minimum atomic E-state index is -0.672. The standard InChI is InChI=1S/C31H32N4O4/c1-31(2,16-20-10-13-23(14-11-20)39-28-15-12-21(17-33-28)30(32)37)34-18-22(36)19-38-27-9-5-8-26-29(27)24-6-3-4-7-25(24)35-26/h3-15,17,22,34-36H,16,18-19H2,1-2H3,(H2,32,37)/t22-/m0/s1. The number of para-hydroxylation sites is 1. The van der Waals surface area contributed by atoms with E-state index in [1.165, 1.54) is 6.20 Å². The lowest BCUT2D eigenvalue weighted by molar-refractivity contribution is 0.0995. The third-order valence-corrected chi connectivity index (χ3v) is 6.55. The zero-order chi connectivity index (χ0) is 27.4. The van der Waals surface area contributed by atoms with Crippen LogP contribution in [0.5, 0.6) is 17.4 Å². The number of ether oxygens (including phenoxy) is 2. The molecule has 0 aliphatic carbocycles. The number of rotatable bonds is 11. The van der Waals surface area contributed by atoms with E-state index in [1.807, 2.05) is 60.7 Å². The molecule has 8 heteroatoms. The van der Waals surface area contributed by atoms with Gasteiger partial charge in [0, 0.05) is 40.6 Å². The molecule has 1 amide bonds. The van der Waals surface area contributed by atoms with Crippen LogP contribution in [0, 0.1) is 0 Å². The lowest BCUT2D eigenvalue weighted by Crippen LogP contribution is -2.46. The molecule has 0 bridgehead atoms. The number of nitrogens with one attached hydrogen (secondary N) is 2. The number of carbonyl (C=O) groups is 1. The molecule has 0 saturated heterocycles. The number of nitrogens with zero attached hydrogens (tertiary/aromatic N) is 1. The summed E-state index contributed by atoms with van der Waals surface area (Å²) in [6.45, 7) is 4.77. The van der Waals surface area contributed by atoms with Crippen LogP contribution in [-0.2, 0) is 6.42 Å². The molecule has 200 valence electrons. The van der Waals surface area contributed by atoms with Gasteiger partial charge in [-0.3, -0.25) is 4.79 Å². The van der Waals surface area contributed by atoms with Crippen LogP contribution in [0.2, 0.25) is 0 Å². The minimum absolute atomic E-state index is 0.183. The van der Waals surface area contributed by atoms with Crippen molar-refractivity contribution in [2.75, 3.05) is 13.2 Å². The minimum Gasteiger partial charge on any atom is -0.490 e. The molecule has 0 fully saturated rings. The smallest absolute Gasteiger partial charge is 0.250 e. The number of primary amides is 1. The maximum absolute atomic E-state index is 11.2. The second-order valence-electron chi connectivity index (χ2n) is 10.3. The average molecular weight is 525 g/mol. The third kappa shape index (κ3) is 6.37. The molecule has 1 atom stereocenters. The van der Waals surface area contributed by atoms with Crippen LogP contribution >= 0.6 is 0 Å². The lowest BCUT2D eigenvalue weighted by Gasteiger charge is -2.28. The molecule has 5 rings (SSSR count). The van der Waals surface area contributed by atoms with Crippen molar-refractivity contribution in [3.8, 4) is 17.4 Å². The quantitative estimate of drug-likeness (QED) is 0.194. The van der Waals surface area contributed by atoms with Crippen molar-refractivity contribution < 1.29 is 19.4 Å². The van der Waals surface area contributed by atoms with Gasteiger partial charge in [-0.25, -0.2) is 4.98 Å². The Kier molecular flexibility index (Phi) is 7.49. The Morgan fingerprint density at radius 2 is 1.79 bits per heavy atom. The molecule has 0 radical (unpaired) electrons. The lowest BCUT2D eigenvalue weighted by atomic mass is 9.94. The number of carbonyl (C=O) groups excluding carboxylic acids is 1. The first-order chi connectivity index (χ1) is 18.8. The van der Waals surface area contributed by atoms with Crippen LogP contribution in [0.15, 0.2) is 85.1 Å². The number of H-pyrrole nitrogens is 1. The van der Waals surface area contributed by atoms with Gasteiger partial charge < -0.3 is 30.6 Å². The fraction of sp³-hybridized carbons (Fsp3) is 0.226. The van der Waals surface area contributed by atoms with E-state index in [9.17, 15) is 9.90 Å². The first-order valence-electron chi connectivity index (χ1n) is 12.9. The summed E-state index contributed by atoms with van der Waals surface area (Å²) in [5.74, 6) is 1.25. The summed E-state index contributed by atoms with van der Waals surface area (Å²) in [6, 6.07) is 25.0. The number of aliphatic hydroxyl groups excluding tert-OH is 1. The van der Waals surface area contributed by atoms with Crippen molar-refractivity contribution in [3.63, 3.8) is 0 Å². The van der Waals surface area contributed by atoms with Gasteiger partial charge in [-0.15, -0.1) is 0 Å². The van der Waals surface area contributed by atoms with E-state index in [1.54, 1.807) is 12.1 Å². The predicted molar refractivity (Wildman–Crippen MR) is 152 cm³/mol. The summed E-state index contributed by atoms with van der Waals surface area (Å²) in [4.78, 5) is 18.7. The van der Waals surface area contributed by atoms with Gasteiger partial charge in [-0.05, 0) is 62.2 Å². The number of hydrogen-bond acceptors (Lipinski definition) is 6. The van der Waals surface area contributed by atoms with Gasteiger partial charge in [0.05, 0.1) is 11.1 Å². The number of β-amino-alcohol motifs (C(OH)–C–C–N with tert-alkyl or cyclic N) is 1. The Labute approximate surface area is 226 Å². The Hall–Kier alpha value is -4.40. The van der Waals surface area contributed by atoms with Crippen LogP contribution in [0.3, 0.4) is 0 Å². The predicted octanol–water partition coefficient (Wildman–Crippen LogP) is 4.96. The Bertz CT molecular complexity index is 1580. The van der Waals surface area contributed by atoms with E-state index in [0.29, 0.717) is 23.7 Å². The summed E-state index contributed by atoms with van der Waals surface area (Å²) in [5.41, 5.74) is 8.50. The number of aromatic amines is 1. The fourth-order valence-electron chi connectivity index (χ4n) is 4.58. The van der Waals surface area contributed by atoms with Gasteiger partial charge in [0.25, 0.3) is 0 Å². The van der Waals surface area contributed by atoms with E-state index < -0.39 is 12.0 Å². The summed E-state index contributed by atoms with van der Waals surface area (Å²) in [7, 11) is 0. The highest BCUT2D eigenvalue weighted by Gasteiger charge is 2.20. The molecule has 0 saturated carbocycles. The monoisotopic (exact) mass is 524 g/mol. The molecule has 0 unspecified atom stereocenters. The number of nitrogens with two attached hydrogens (primary N) is 1. The van der Waals surface area contributed by atoms with E-state index >= 15 is 0 Å². The normalized spacial score (nSPS) is 12.5. The van der Waals surface area contributed by atoms with Crippen LogP contribution in [0.1, 0.15) is 29.8 Å². The topological polar surface area (TPSA) is 122 Å². The third-order valence-electron chi connectivity index (χ3n) is 6.55. The van der Waals surface area contributed by atoms with Crippen molar-refractivity contribution in [3.05, 3.63) is 96.2 Å². The number of fused-ring (bicyclic) bond motifs is 3. The van der Waals surface area contributed by atoms with E-state index in [4.69, 9.17) is 15.2 Å². The molecule has 5 N–H and O–H groups in total. The van der Waals surface area contributed by atoms with Gasteiger partial charge in [-0.2, -0.15) is 0 Å². The Balaban J connectivity index is 1.13. The number of aliphatic hydroxyl groups is 1. The summed E-state index contributed by atoms with van der Waals surface area (Å²) in [5, 5.41) is 16.2. The Morgan fingerprint density at radius 3 is 2.54 bits per heavy atom. The zero-order valence-corrected chi connectivity index (χ0v) is 22.0. The SMILES string of the molecule is CC(C)(Cc1ccc(Oc2ccc(C(N)=O)cn2)cc1)NC[C@H](O)COc1cccc2[nH]c3ccccc3c12. The molecule has 39 heavy (non-hydrogen) atoms. The maximum atomic E-state index is 11.2. The van der Waals surface area contributed by atoms with Crippen LogP contribution in [0.4, 0.5) is 0 Å². The molecule has 0 spiro atoms. The second kappa shape index (κ2) is 11.1. The largest absolute Gasteiger partial charge is 0.490 e. The highest BCUT2D eigenvalue weighted by Crippen LogP contribution is 2.33. The maximum Gasteiger partial charge on any atom is 0.250 e. The Morgan fingerprint density at radius 1 is 1.03 bits per heavy atom. The molecule has 8 nitrogen and oxygen atoms in total. The fourth-order valence-corrected chi connectivity index (χ4v) is 4.58. The number of aromatic nitrogens is 2. The first-order valence-corrected chi connectivity index (χ1v) is 12.9. The van der Waals surface area contributed by atoms with Crippen molar-refractivity contribution in [1.82, 2.24) is 15.3 Å². The summed E-state index contributed by atoms with van der Waals surface area (Å²) < 4.78 is 11.8. The highest BCUT2D eigenvalue weighted by molar-refractivity contribution is 6.10. The van der Waals surface area contributed by atoms with E-state index in [0.717, 1.165) is 39.5 Å². The molecule has 0 aliphatic heterocycles. The van der Waals surface area contributed by atoms with Gasteiger partial charge in [-0.1, -0.05) is 36.4 Å². The zero-order valence-electron chi connectivity index (χ0n) is 22.0. The molecule has 3 aromatic carbocycles. The molecular formula is C31H32N4O4. The number of hydrogen-bond donors (Lipinski definition) is 4. The van der Waals surface area contributed by atoms with Gasteiger partial charge in [0.1, 0.15) is 24.2 Å². The van der Waals surface area contributed by atoms with Crippen LogP contribution in [-0.4, -0.2) is 45.8 Å². The second-order valence-corrected chi connectivity index (χ2v) is 10.3. The number of amides is 1.